The van der Waals surface area contributed by atoms with Gasteiger partial charge in [0, 0.05) is 35.8 Å². The molecule has 172 valence electrons. The van der Waals surface area contributed by atoms with Gasteiger partial charge in [-0.2, -0.15) is 0 Å². The van der Waals surface area contributed by atoms with Gasteiger partial charge in [-0.3, -0.25) is 4.79 Å². The van der Waals surface area contributed by atoms with Crippen LogP contribution in [0.5, 0.6) is 5.75 Å². The van der Waals surface area contributed by atoms with E-state index >= 15 is 0 Å². The average molecular weight is 529 g/mol. The zero-order valence-electron chi connectivity index (χ0n) is 18.4. The summed E-state index contributed by atoms with van der Waals surface area (Å²) in [5.74, 6) is -1.99. The van der Waals surface area contributed by atoms with Gasteiger partial charge >= 0.3 is 6.09 Å². The van der Waals surface area contributed by atoms with Gasteiger partial charge in [-0.15, -0.1) is 0 Å². The fraction of sp³-hybridized carbons (Fsp3) is 0.391. The predicted molar refractivity (Wildman–Crippen MR) is 121 cm³/mol. The van der Waals surface area contributed by atoms with Gasteiger partial charge in [0.05, 0.1) is 17.5 Å². The van der Waals surface area contributed by atoms with Crippen LogP contribution in [-0.4, -0.2) is 43.3 Å². The lowest BCUT2D eigenvalue weighted by atomic mass is 9.78. The Morgan fingerprint density at radius 2 is 1.91 bits per heavy atom. The van der Waals surface area contributed by atoms with Crippen molar-refractivity contribution in [2.45, 2.75) is 37.9 Å². The molecule has 2 aromatic rings. The van der Waals surface area contributed by atoms with Crippen molar-refractivity contribution >= 4 is 39.5 Å². The third-order valence-electron chi connectivity index (χ3n) is 5.10. The Bertz CT molecular complexity index is 1040. The number of carbonyl (C=O) groups excluding carboxylic acids is 2. The van der Waals surface area contributed by atoms with E-state index in [2.05, 4.69) is 15.9 Å². The summed E-state index contributed by atoms with van der Waals surface area (Å²) in [4.78, 5) is 27.6. The molecule has 0 saturated carbocycles. The monoisotopic (exact) mass is 527 g/mol. The van der Waals surface area contributed by atoms with E-state index < -0.39 is 34.9 Å². The second kappa shape index (κ2) is 9.00. The number of imide groups is 1. The van der Waals surface area contributed by atoms with Crippen LogP contribution in [0.3, 0.4) is 0 Å². The smallest absolute Gasteiger partial charge is 0.416 e. The molecule has 0 unspecified atom stereocenters. The summed E-state index contributed by atoms with van der Waals surface area (Å²) in [5.41, 5.74) is -1.57. The standard InChI is InChI=1S/C23H24BrClFNO5/c1-22(2,3)32-21(29)27(4)20(28)23(13-9-7-6-8-10-13)14(12-30-5)17-16(31-23)11-15(26)19(25)18(17)24/h6-11,14H,12H2,1-5H3/t14-,23+/m0/s1. The quantitative estimate of drug-likeness (QED) is 0.480. The molecular weight excluding hydrogens is 505 g/mol. The summed E-state index contributed by atoms with van der Waals surface area (Å²) in [7, 11) is 2.80. The van der Waals surface area contributed by atoms with Gasteiger partial charge in [-0.25, -0.2) is 14.1 Å². The number of halogens is 3. The first-order valence-electron chi connectivity index (χ1n) is 9.86. The summed E-state index contributed by atoms with van der Waals surface area (Å²) in [6, 6.07) is 9.84. The van der Waals surface area contributed by atoms with Crippen LogP contribution < -0.4 is 4.74 Å². The molecule has 2 aromatic carbocycles. The van der Waals surface area contributed by atoms with Crippen molar-refractivity contribution in [2.75, 3.05) is 20.8 Å². The van der Waals surface area contributed by atoms with Crippen LogP contribution in [-0.2, 0) is 19.9 Å². The first kappa shape index (κ1) is 24.5. The fourth-order valence-corrected chi connectivity index (χ4v) is 4.55. The lowest BCUT2D eigenvalue weighted by Crippen LogP contribution is -2.54. The normalized spacial score (nSPS) is 19.8. The molecule has 0 saturated heterocycles. The van der Waals surface area contributed by atoms with Crippen molar-refractivity contribution in [3.8, 4) is 5.75 Å². The Morgan fingerprint density at radius 1 is 1.28 bits per heavy atom. The number of methoxy groups -OCH3 is 1. The van der Waals surface area contributed by atoms with E-state index in [4.69, 9.17) is 25.8 Å². The summed E-state index contributed by atoms with van der Waals surface area (Å²) < 4.78 is 31.7. The van der Waals surface area contributed by atoms with Crippen molar-refractivity contribution in [1.82, 2.24) is 4.90 Å². The molecule has 0 bridgehead atoms. The lowest BCUT2D eigenvalue weighted by molar-refractivity contribution is -0.148. The molecule has 6 nitrogen and oxygen atoms in total. The highest BCUT2D eigenvalue weighted by Gasteiger charge is 2.58. The molecule has 3 rings (SSSR count). The van der Waals surface area contributed by atoms with Gasteiger partial charge in [0.15, 0.2) is 0 Å². The molecular formula is C23H24BrClFNO5. The fourth-order valence-electron chi connectivity index (χ4n) is 3.74. The number of amides is 2. The molecule has 2 amide bonds. The summed E-state index contributed by atoms with van der Waals surface area (Å²) in [6.07, 6.45) is -0.836. The van der Waals surface area contributed by atoms with Gasteiger partial charge in [-0.05, 0) is 36.7 Å². The topological polar surface area (TPSA) is 65.1 Å². The molecule has 0 fully saturated rings. The van der Waals surface area contributed by atoms with Crippen LogP contribution in [0.2, 0.25) is 5.02 Å². The molecule has 0 aromatic heterocycles. The summed E-state index contributed by atoms with van der Waals surface area (Å²) >= 11 is 9.49. The van der Waals surface area contributed by atoms with E-state index in [1.807, 2.05) is 0 Å². The van der Waals surface area contributed by atoms with Crippen molar-refractivity contribution in [1.29, 1.82) is 0 Å². The van der Waals surface area contributed by atoms with Crippen LogP contribution in [0.1, 0.15) is 37.8 Å². The van der Waals surface area contributed by atoms with Crippen molar-refractivity contribution < 1.29 is 28.2 Å². The van der Waals surface area contributed by atoms with Crippen LogP contribution in [0.25, 0.3) is 0 Å². The average Bonchev–Trinajstić information content (AvgIpc) is 3.05. The van der Waals surface area contributed by atoms with Crippen LogP contribution >= 0.6 is 27.5 Å². The maximum atomic E-state index is 14.4. The van der Waals surface area contributed by atoms with Crippen molar-refractivity contribution in [3.05, 3.63) is 62.8 Å². The zero-order valence-corrected chi connectivity index (χ0v) is 20.7. The summed E-state index contributed by atoms with van der Waals surface area (Å²) in [6.45, 7) is 5.14. The minimum absolute atomic E-state index is 0.0380. The molecule has 9 heteroatoms. The molecule has 0 spiro atoms. The number of carbonyl (C=O) groups is 2. The van der Waals surface area contributed by atoms with E-state index in [9.17, 15) is 14.0 Å². The van der Waals surface area contributed by atoms with Gasteiger partial charge in [0.2, 0.25) is 5.60 Å². The first-order chi connectivity index (χ1) is 14.9. The Labute approximate surface area is 199 Å². The summed E-state index contributed by atoms with van der Waals surface area (Å²) in [5, 5.41) is -0.134. The SMILES string of the molecule is COC[C@H]1c2c(cc(F)c(Cl)c2Br)O[C@]1(C(=O)N(C)C(=O)OC(C)(C)C)c1ccccc1. The Balaban J connectivity index is 2.21. The number of hydrogen-bond donors (Lipinski definition) is 0. The number of likely N-dealkylation sites (N-methyl/N-ethyl adjacent to an activating group) is 1. The number of nitrogens with zero attached hydrogens (tertiary/aromatic N) is 1. The Kier molecular flexibility index (Phi) is 6.88. The van der Waals surface area contributed by atoms with Gasteiger partial charge < -0.3 is 14.2 Å². The van der Waals surface area contributed by atoms with E-state index in [1.54, 1.807) is 51.1 Å². The Morgan fingerprint density at radius 3 is 2.47 bits per heavy atom. The molecule has 0 aliphatic carbocycles. The number of hydrogen-bond acceptors (Lipinski definition) is 5. The van der Waals surface area contributed by atoms with E-state index in [0.717, 1.165) is 11.0 Å². The van der Waals surface area contributed by atoms with Crippen LogP contribution in [0.4, 0.5) is 9.18 Å². The second-order valence-electron chi connectivity index (χ2n) is 8.45. The van der Waals surface area contributed by atoms with Crippen molar-refractivity contribution in [2.24, 2.45) is 0 Å². The molecule has 1 aliphatic heterocycles. The minimum Gasteiger partial charge on any atom is -0.471 e. The largest absolute Gasteiger partial charge is 0.471 e. The van der Waals surface area contributed by atoms with E-state index in [0.29, 0.717) is 11.1 Å². The third kappa shape index (κ3) is 4.23. The number of rotatable bonds is 4. The minimum atomic E-state index is -1.72. The molecule has 0 radical (unpaired) electrons. The van der Waals surface area contributed by atoms with Gasteiger partial charge in [-0.1, -0.05) is 41.9 Å². The molecule has 1 heterocycles. The van der Waals surface area contributed by atoms with Crippen LogP contribution in [0.15, 0.2) is 40.9 Å². The highest BCUT2D eigenvalue weighted by molar-refractivity contribution is 9.10. The number of fused-ring (bicyclic) bond motifs is 1. The number of ether oxygens (including phenoxy) is 3. The highest BCUT2D eigenvalue weighted by atomic mass is 79.9. The Hall–Kier alpha value is -2.16. The van der Waals surface area contributed by atoms with Crippen LogP contribution in [0, 0.1) is 5.82 Å². The van der Waals surface area contributed by atoms with E-state index in [1.165, 1.54) is 14.2 Å². The maximum absolute atomic E-state index is 14.4. The lowest BCUT2D eigenvalue weighted by Gasteiger charge is -2.36. The molecule has 1 aliphatic rings. The molecule has 2 atom stereocenters. The second-order valence-corrected chi connectivity index (χ2v) is 9.63. The zero-order chi connectivity index (χ0) is 23.8. The first-order valence-corrected chi connectivity index (χ1v) is 11.0. The number of benzene rings is 2. The predicted octanol–water partition coefficient (Wildman–Crippen LogP) is 5.65. The molecule has 0 N–H and O–H groups in total. The van der Waals surface area contributed by atoms with Gasteiger partial charge in [0.25, 0.3) is 5.91 Å². The van der Waals surface area contributed by atoms with E-state index in [-0.39, 0.29) is 21.9 Å². The van der Waals surface area contributed by atoms with Crippen molar-refractivity contribution in [3.63, 3.8) is 0 Å². The third-order valence-corrected chi connectivity index (χ3v) is 6.52. The highest BCUT2D eigenvalue weighted by Crippen LogP contribution is 2.55. The molecule has 32 heavy (non-hydrogen) atoms. The van der Waals surface area contributed by atoms with Gasteiger partial charge in [0.1, 0.15) is 17.2 Å². The maximum Gasteiger partial charge on any atom is 0.416 e.